The number of benzene rings is 6. The van der Waals surface area contributed by atoms with Gasteiger partial charge in [0.25, 0.3) is 0 Å². The molecule has 0 unspecified atom stereocenters. The minimum Gasteiger partial charge on any atom is -0.409 e. The van der Waals surface area contributed by atoms with E-state index >= 15 is 0 Å². The predicted octanol–water partition coefficient (Wildman–Crippen LogP) is 8.52. The van der Waals surface area contributed by atoms with Gasteiger partial charge in [0.15, 0.2) is 0 Å². The van der Waals surface area contributed by atoms with Crippen LogP contribution in [-0.4, -0.2) is 0 Å². The molecule has 0 aromatic heterocycles. The average molecular weight is 931 g/mol. The monoisotopic (exact) mass is 930 g/mol. The van der Waals surface area contributed by atoms with Crippen LogP contribution in [-0.2, 0) is 19.5 Å². The van der Waals surface area contributed by atoms with Gasteiger partial charge in [-0.1, -0.05) is 109 Å². The zero-order chi connectivity index (χ0) is 40.2. The van der Waals surface area contributed by atoms with Crippen molar-refractivity contribution in [1.29, 1.82) is 0 Å². The van der Waals surface area contributed by atoms with Gasteiger partial charge >= 0.3 is 17.2 Å². The third-order valence-corrected chi connectivity index (χ3v) is 9.03. The van der Waals surface area contributed by atoms with E-state index in [1.54, 1.807) is 0 Å². The fraction of sp³-hybridized carbons (Fsp3) is 0.0909. The Morgan fingerprint density at radius 2 is 0.431 bits per heavy atom. The molecular formula is C44H42ClO10P2Rh-. The summed E-state index contributed by atoms with van der Waals surface area (Å²) in [4.78, 5) is 0. The maximum absolute atomic E-state index is 8.49. The van der Waals surface area contributed by atoms with E-state index in [0.29, 0.717) is 34.5 Å². The van der Waals surface area contributed by atoms with Crippen molar-refractivity contribution in [3.63, 3.8) is 0 Å². The van der Waals surface area contributed by atoms with E-state index in [4.69, 9.17) is 45.8 Å². The largest absolute Gasteiger partial charge is 0.530 e. The Hall–Kier alpha value is -4.27. The van der Waals surface area contributed by atoms with Gasteiger partial charge in [-0.3, -0.25) is 0 Å². The van der Waals surface area contributed by atoms with Crippen LogP contribution >= 0.6 is 17.2 Å². The molecule has 6 aromatic carbocycles. The Bertz CT molecular complexity index is 1500. The van der Waals surface area contributed by atoms with E-state index in [9.17, 15) is 0 Å². The molecule has 58 heavy (non-hydrogen) atoms. The van der Waals surface area contributed by atoms with Crippen LogP contribution in [0.2, 0.25) is 0 Å². The molecule has 1 saturated carbocycles. The number of hydrogen-bond acceptors (Lipinski definition) is 10. The van der Waals surface area contributed by atoms with E-state index in [0.717, 1.165) is 0 Å². The molecule has 0 heterocycles. The van der Waals surface area contributed by atoms with Crippen LogP contribution in [0.15, 0.2) is 182 Å². The van der Waals surface area contributed by atoms with Crippen molar-refractivity contribution in [2.75, 3.05) is 0 Å². The third kappa shape index (κ3) is 23.2. The molecule has 1 aliphatic rings. The molecule has 10 nitrogen and oxygen atoms in total. The standard InChI is InChI=1S/2C18H15O3P.C8H12.ClHO4.Rh/c2*1-4-10-16(11-5-1)19-22(20-17-12-6-2-7-13-17)21-18-14-8-3-9-15-18;1-2-4-6-8-7-5-3-1;2-1(3,4)5;/h2*1-15H;1-2,7-8H,3-6H2;(H,2,3,4,5);/p-1. The third-order valence-electron chi connectivity index (χ3n) is 6.87. The normalized spacial score (nSPS) is 12.1. The van der Waals surface area contributed by atoms with Crippen molar-refractivity contribution < 1.29 is 75.5 Å². The van der Waals surface area contributed by atoms with Gasteiger partial charge in [0.2, 0.25) is 0 Å². The SMILES string of the molecule is [CH]1[CH]CC[CH][CH]CC1.[O-][Cl+3]([O-])([O-])[O-].[Rh].c1ccc(OP(Oc2ccccc2)Oc2ccccc2)cc1.c1ccc(OP(Oc2ccccc2)Oc2ccccc2)cc1. The van der Waals surface area contributed by atoms with Crippen molar-refractivity contribution >= 4 is 17.2 Å². The van der Waals surface area contributed by atoms with Gasteiger partial charge in [-0.05, 0) is 124 Å². The molecule has 7 rings (SSSR count). The maximum Gasteiger partial charge on any atom is 0.530 e. The second kappa shape index (κ2) is 29.0. The minimum absolute atomic E-state index is 0. The number of para-hydroxylation sites is 6. The second-order valence-electron chi connectivity index (χ2n) is 11.3. The zero-order valence-corrected chi connectivity index (χ0v) is 35.3. The molecule has 1 aliphatic carbocycles. The Morgan fingerprint density at radius 1 is 0.293 bits per heavy atom. The average Bonchev–Trinajstić information content (AvgIpc) is 3.20. The van der Waals surface area contributed by atoms with E-state index in [-0.39, 0.29) is 19.5 Å². The Labute approximate surface area is 358 Å². The summed E-state index contributed by atoms with van der Waals surface area (Å²) in [6.45, 7) is 0. The predicted molar refractivity (Wildman–Crippen MR) is 212 cm³/mol. The topological polar surface area (TPSA) is 148 Å². The molecule has 6 aromatic rings. The van der Waals surface area contributed by atoms with Gasteiger partial charge in [-0.25, -0.2) is 18.6 Å². The molecular weight excluding hydrogens is 889 g/mol. The summed E-state index contributed by atoms with van der Waals surface area (Å²) in [5.74, 6) is 4.25. The van der Waals surface area contributed by atoms with Crippen LogP contribution in [0.3, 0.4) is 0 Å². The van der Waals surface area contributed by atoms with Crippen LogP contribution in [0.1, 0.15) is 25.7 Å². The molecule has 5 radical (unpaired) electrons. The van der Waals surface area contributed by atoms with Gasteiger partial charge in [0.1, 0.15) is 34.5 Å². The molecule has 0 atom stereocenters. The van der Waals surface area contributed by atoms with E-state index in [1.807, 2.05) is 182 Å². The van der Waals surface area contributed by atoms with Crippen LogP contribution < -0.4 is 45.8 Å². The summed E-state index contributed by atoms with van der Waals surface area (Å²) >= 11 is 0. The van der Waals surface area contributed by atoms with Gasteiger partial charge in [0.05, 0.1) is 0 Å². The van der Waals surface area contributed by atoms with E-state index in [1.165, 1.54) is 25.7 Å². The first-order chi connectivity index (χ1) is 27.8. The van der Waals surface area contributed by atoms with E-state index in [2.05, 4.69) is 25.7 Å². The number of halogens is 1. The number of hydrogen-bond donors (Lipinski definition) is 0. The smallest absolute Gasteiger partial charge is 0.409 e. The van der Waals surface area contributed by atoms with Gasteiger partial charge in [-0.15, -0.1) is 10.2 Å². The summed E-state index contributed by atoms with van der Waals surface area (Å²) in [6, 6.07) is 57.0. The molecule has 0 aliphatic heterocycles. The Kier molecular flexibility index (Phi) is 24.1. The Balaban J connectivity index is 0.000000235. The summed E-state index contributed by atoms with van der Waals surface area (Å²) < 4.78 is 69.0. The number of rotatable bonds is 12. The molecule has 0 spiro atoms. The van der Waals surface area contributed by atoms with Gasteiger partial charge in [0, 0.05) is 19.5 Å². The fourth-order valence-corrected chi connectivity index (χ4v) is 6.36. The van der Waals surface area contributed by atoms with Crippen LogP contribution in [0.5, 0.6) is 34.5 Å². The first kappa shape index (κ1) is 48.1. The summed E-state index contributed by atoms with van der Waals surface area (Å²) in [6.07, 6.45) is 14.0. The molecule has 305 valence electrons. The van der Waals surface area contributed by atoms with Crippen molar-refractivity contribution in [3.05, 3.63) is 208 Å². The summed E-state index contributed by atoms with van der Waals surface area (Å²) in [5.41, 5.74) is 0. The van der Waals surface area contributed by atoms with Crippen LogP contribution in [0, 0.1) is 35.9 Å². The summed E-state index contributed by atoms with van der Waals surface area (Å²) in [5, 5.41) is 0. The van der Waals surface area contributed by atoms with Crippen molar-refractivity contribution in [2.45, 2.75) is 25.7 Å². The van der Waals surface area contributed by atoms with E-state index < -0.39 is 27.4 Å². The molecule has 0 saturated heterocycles. The fourth-order valence-electron chi connectivity index (χ4n) is 4.37. The molecule has 0 N–H and O–H groups in total. The molecule has 0 bridgehead atoms. The molecule has 1 fully saturated rings. The molecule has 14 heteroatoms. The van der Waals surface area contributed by atoms with Crippen molar-refractivity contribution in [3.8, 4) is 34.5 Å². The first-order valence-corrected chi connectivity index (χ1v) is 21.1. The quantitative estimate of drug-likeness (QED) is 0.0865. The Morgan fingerprint density at radius 3 is 0.569 bits per heavy atom. The maximum atomic E-state index is 8.49. The van der Waals surface area contributed by atoms with Crippen molar-refractivity contribution in [2.24, 2.45) is 0 Å². The van der Waals surface area contributed by atoms with Crippen LogP contribution in [0.4, 0.5) is 0 Å². The minimum atomic E-state index is -4.94. The van der Waals surface area contributed by atoms with Crippen molar-refractivity contribution in [1.82, 2.24) is 0 Å². The van der Waals surface area contributed by atoms with Gasteiger partial charge in [-0.2, -0.15) is 0 Å². The van der Waals surface area contributed by atoms with Crippen LogP contribution in [0.25, 0.3) is 0 Å². The molecule has 0 amide bonds. The van der Waals surface area contributed by atoms with Gasteiger partial charge < -0.3 is 27.1 Å². The first-order valence-electron chi connectivity index (χ1n) is 17.7. The second-order valence-corrected chi connectivity index (χ2v) is 14.1. The summed E-state index contributed by atoms with van der Waals surface area (Å²) in [7, 11) is -8.12. The zero-order valence-electron chi connectivity index (χ0n) is 31.1.